The molecule has 0 aliphatic heterocycles. The van der Waals surface area contributed by atoms with Gasteiger partial charge in [-0.05, 0) is 6.92 Å². The molecule has 0 saturated heterocycles. The number of ether oxygens (including phenoxy) is 1. The van der Waals surface area contributed by atoms with Gasteiger partial charge in [-0.3, -0.25) is 9.59 Å². The molecule has 0 heterocycles. The predicted octanol–water partition coefficient (Wildman–Crippen LogP) is -0.987. The summed E-state index contributed by atoms with van der Waals surface area (Å²) in [6.07, 6.45) is -0.247. The third kappa shape index (κ3) is 5.67. The summed E-state index contributed by atoms with van der Waals surface area (Å²) in [5, 5.41) is 2.48. The number of hydrogen-bond donors (Lipinski definition) is 2. The Morgan fingerprint density at radius 3 is 2.58 bits per heavy atom. The van der Waals surface area contributed by atoms with E-state index in [2.05, 4.69) is 10.1 Å². The van der Waals surface area contributed by atoms with E-state index in [0.29, 0.717) is 6.54 Å². The van der Waals surface area contributed by atoms with Gasteiger partial charge in [0.15, 0.2) is 0 Å². The largest absolute Gasteiger partial charge is 0.469 e. The number of hydrogen-bond acceptors (Lipinski definition) is 4. The van der Waals surface area contributed by atoms with Crippen LogP contribution in [0.15, 0.2) is 0 Å². The maximum atomic E-state index is 10.8. The molecule has 1 amide bonds. The number of amides is 1. The first kappa shape index (κ1) is 10.9. The molecule has 70 valence electrons. The molecule has 0 aliphatic carbocycles. The molecule has 0 saturated carbocycles. The molecule has 0 aliphatic rings. The van der Waals surface area contributed by atoms with Gasteiger partial charge in [0, 0.05) is 12.6 Å². The smallest absolute Gasteiger partial charge is 0.315 e. The average Bonchev–Trinajstić information content (AvgIpc) is 2.00. The van der Waals surface area contributed by atoms with Crippen LogP contribution in [-0.2, 0) is 14.3 Å². The number of nitrogens with two attached hydrogens (primary N) is 1. The van der Waals surface area contributed by atoms with Gasteiger partial charge in [-0.2, -0.15) is 0 Å². The van der Waals surface area contributed by atoms with E-state index in [4.69, 9.17) is 5.73 Å². The second kappa shape index (κ2) is 5.54. The molecule has 1 atom stereocenters. The van der Waals surface area contributed by atoms with Crippen molar-refractivity contribution in [3.05, 3.63) is 0 Å². The van der Waals surface area contributed by atoms with Crippen molar-refractivity contribution in [3.63, 3.8) is 0 Å². The SMILES string of the molecule is COC(=O)CC(=O)NCC(C)N. The van der Waals surface area contributed by atoms with E-state index in [1.807, 2.05) is 0 Å². The zero-order valence-corrected chi connectivity index (χ0v) is 7.29. The van der Waals surface area contributed by atoms with Crippen molar-refractivity contribution in [3.8, 4) is 0 Å². The number of esters is 1. The first-order valence-corrected chi connectivity index (χ1v) is 3.65. The summed E-state index contributed by atoms with van der Waals surface area (Å²) in [6, 6.07) is -0.105. The van der Waals surface area contributed by atoms with Crippen LogP contribution in [0.2, 0.25) is 0 Å². The second-order valence-corrected chi connectivity index (χ2v) is 2.53. The van der Waals surface area contributed by atoms with Crippen LogP contribution in [0.5, 0.6) is 0 Å². The zero-order chi connectivity index (χ0) is 9.56. The van der Waals surface area contributed by atoms with E-state index in [9.17, 15) is 9.59 Å². The summed E-state index contributed by atoms with van der Waals surface area (Å²) < 4.78 is 4.30. The van der Waals surface area contributed by atoms with Crippen molar-refractivity contribution in [2.24, 2.45) is 5.73 Å². The van der Waals surface area contributed by atoms with Crippen LogP contribution in [-0.4, -0.2) is 31.6 Å². The Morgan fingerprint density at radius 2 is 2.17 bits per heavy atom. The van der Waals surface area contributed by atoms with Crippen molar-refractivity contribution in [1.82, 2.24) is 5.32 Å². The third-order valence-corrected chi connectivity index (χ3v) is 1.15. The standard InChI is InChI=1S/C7H14N2O3/c1-5(8)4-9-6(10)3-7(11)12-2/h5H,3-4,8H2,1-2H3,(H,9,10). The van der Waals surface area contributed by atoms with Gasteiger partial charge in [0.05, 0.1) is 7.11 Å². The van der Waals surface area contributed by atoms with Gasteiger partial charge in [0.2, 0.25) is 5.91 Å². The third-order valence-electron chi connectivity index (χ3n) is 1.15. The van der Waals surface area contributed by atoms with Crippen molar-refractivity contribution in [2.45, 2.75) is 19.4 Å². The molecule has 5 nitrogen and oxygen atoms in total. The average molecular weight is 174 g/mol. The Morgan fingerprint density at radius 1 is 1.58 bits per heavy atom. The summed E-state index contributed by atoms with van der Waals surface area (Å²) in [4.78, 5) is 21.4. The van der Waals surface area contributed by atoms with Crippen molar-refractivity contribution in [1.29, 1.82) is 0 Å². The van der Waals surface area contributed by atoms with Gasteiger partial charge >= 0.3 is 5.97 Å². The molecule has 5 heteroatoms. The normalized spacial score (nSPS) is 11.9. The molecular formula is C7H14N2O3. The summed E-state index contributed by atoms with van der Waals surface area (Å²) in [7, 11) is 1.24. The number of nitrogens with one attached hydrogen (secondary N) is 1. The summed E-state index contributed by atoms with van der Waals surface area (Å²) >= 11 is 0. The van der Waals surface area contributed by atoms with E-state index in [1.54, 1.807) is 6.92 Å². The molecule has 0 fully saturated rings. The molecule has 0 aromatic heterocycles. The van der Waals surface area contributed by atoms with Crippen LogP contribution in [0.4, 0.5) is 0 Å². The number of methoxy groups -OCH3 is 1. The lowest BCUT2D eigenvalue weighted by Crippen LogP contribution is -2.36. The van der Waals surface area contributed by atoms with Crippen molar-refractivity contribution >= 4 is 11.9 Å². The van der Waals surface area contributed by atoms with Gasteiger partial charge in [0.25, 0.3) is 0 Å². The molecule has 3 N–H and O–H groups in total. The van der Waals surface area contributed by atoms with Gasteiger partial charge < -0.3 is 15.8 Å². The van der Waals surface area contributed by atoms with E-state index >= 15 is 0 Å². The molecule has 1 unspecified atom stereocenters. The van der Waals surface area contributed by atoms with Gasteiger partial charge in [-0.25, -0.2) is 0 Å². The number of carbonyl (C=O) groups excluding carboxylic acids is 2. The molecule has 0 aromatic carbocycles. The van der Waals surface area contributed by atoms with Crippen molar-refractivity contribution in [2.75, 3.05) is 13.7 Å². The number of rotatable bonds is 4. The van der Waals surface area contributed by atoms with E-state index in [-0.39, 0.29) is 18.4 Å². The minimum Gasteiger partial charge on any atom is -0.469 e. The quantitative estimate of drug-likeness (QED) is 0.423. The summed E-state index contributed by atoms with van der Waals surface area (Å²) in [6.45, 7) is 2.13. The predicted molar refractivity (Wildman–Crippen MR) is 43.3 cm³/mol. The van der Waals surface area contributed by atoms with Crippen molar-refractivity contribution < 1.29 is 14.3 Å². The fraction of sp³-hybridized carbons (Fsp3) is 0.714. The Hall–Kier alpha value is -1.10. The maximum absolute atomic E-state index is 10.8. The molecule has 0 aromatic rings. The molecule has 0 radical (unpaired) electrons. The maximum Gasteiger partial charge on any atom is 0.315 e. The lowest BCUT2D eigenvalue weighted by molar-refractivity contribution is -0.143. The fourth-order valence-corrected chi connectivity index (χ4v) is 0.541. The van der Waals surface area contributed by atoms with E-state index in [0.717, 1.165) is 0 Å². The summed E-state index contributed by atoms with van der Waals surface area (Å²) in [5.74, 6) is -0.906. The Bertz CT molecular complexity index is 168. The van der Waals surface area contributed by atoms with Gasteiger partial charge in [-0.15, -0.1) is 0 Å². The summed E-state index contributed by atoms with van der Waals surface area (Å²) in [5.41, 5.74) is 5.37. The first-order chi connectivity index (χ1) is 5.56. The topological polar surface area (TPSA) is 81.4 Å². The van der Waals surface area contributed by atoms with Crippen LogP contribution < -0.4 is 11.1 Å². The fourth-order valence-electron chi connectivity index (χ4n) is 0.541. The van der Waals surface area contributed by atoms with E-state index in [1.165, 1.54) is 7.11 Å². The van der Waals surface area contributed by atoms with Crippen LogP contribution in [0.3, 0.4) is 0 Å². The lowest BCUT2D eigenvalue weighted by atomic mass is 10.3. The van der Waals surface area contributed by atoms with Crippen LogP contribution >= 0.6 is 0 Å². The second-order valence-electron chi connectivity index (χ2n) is 2.53. The number of carbonyl (C=O) groups is 2. The highest BCUT2D eigenvalue weighted by atomic mass is 16.5. The zero-order valence-electron chi connectivity index (χ0n) is 7.29. The monoisotopic (exact) mass is 174 g/mol. The van der Waals surface area contributed by atoms with Gasteiger partial charge in [0.1, 0.15) is 6.42 Å². The highest BCUT2D eigenvalue weighted by molar-refractivity contribution is 5.94. The molecule has 12 heavy (non-hydrogen) atoms. The van der Waals surface area contributed by atoms with Crippen LogP contribution in [0.1, 0.15) is 13.3 Å². The van der Waals surface area contributed by atoms with Crippen LogP contribution in [0, 0.1) is 0 Å². The van der Waals surface area contributed by atoms with Gasteiger partial charge in [-0.1, -0.05) is 0 Å². The Kier molecular flexibility index (Phi) is 5.03. The first-order valence-electron chi connectivity index (χ1n) is 3.65. The molecular weight excluding hydrogens is 160 g/mol. The highest BCUT2D eigenvalue weighted by Gasteiger charge is 2.08. The highest BCUT2D eigenvalue weighted by Crippen LogP contribution is 1.83. The van der Waals surface area contributed by atoms with E-state index < -0.39 is 5.97 Å². The molecule has 0 bridgehead atoms. The molecule has 0 rings (SSSR count). The molecule has 0 spiro atoms. The van der Waals surface area contributed by atoms with Crippen LogP contribution in [0.25, 0.3) is 0 Å². The minimum atomic E-state index is -0.544. The minimum absolute atomic E-state index is 0.105. The lowest BCUT2D eigenvalue weighted by Gasteiger charge is -2.06. The Labute approximate surface area is 71.3 Å². The Balaban J connectivity index is 3.53.